The average molecular weight is 562 g/mol. The highest BCUT2D eigenvalue weighted by molar-refractivity contribution is 6.30. The normalized spacial score (nSPS) is 15.8. The average Bonchev–Trinajstić information content (AvgIpc) is 3.10. The number of esters is 1. The molecule has 0 unspecified atom stereocenters. The van der Waals surface area contributed by atoms with Crippen molar-refractivity contribution in [2.45, 2.75) is 39.0 Å². The van der Waals surface area contributed by atoms with Gasteiger partial charge in [0.15, 0.2) is 0 Å². The Morgan fingerprint density at radius 1 is 0.950 bits per heavy atom. The number of hydrogen-bond acceptors (Lipinski definition) is 6. The van der Waals surface area contributed by atoms with Gasteiger partial charge in [-0.25, -0.2) is 4.79 Å². The van der Waals surface area contributed by atoms with E-state index in [0.29, 0.717) is 21.8 Å². The Balaban J connectivity index is 1.42. The molecule has 9 heteroatoms. The van der Waals surface area contributed by atoms with Gasteiger partial charge in [-0.15, -0.1) is 0 Å². The lowest BCUT2D eigenvalue weighted by molar-refractivity contribution is -0.119. The van der Waals surface area contributed by atoms with E-state index in [1.165, 1.54) is 4.90 Å². The van der Waals surface area contributed by atoms with Crippen LogP contribution < -0.4 is 15.0 Å². The second-order valence-electron chi connectivity index (χ2n) is 9.92. The molecule has 1 saturated heterocycles. The molecule has 0 bridgehead atoms. The number of piperidine rings is 1. The van der Waals surface area contributed by atoms with Gasteiger partial charge < -0.3 is 24.6 Å². The molecule has 3 aromatic rings. The van der Waals surface area contributed by atoms with E-state index >= 15 is 0 Å². The van der Waals surface area contributed by atoms with Gasteiger partial charge in [-0.1, -0.05) is 29.8 Å². The van der Waals surface area contributed by atoms with Crippen LogP contribution in [0.4, 0.5) is 5.69 Å². The Morgan fingerprint density at radius 2 is 1.65 bits per heavy atom. The largest absolute Gasteiger partial charge is 0.490 e. The van der Waals surface area contributed by atoms with Gasteiger partial charge in [-0.2, -0.15) is 0 Å². The third-order valence-electron chi connectivity index (χ3n) is 7.11. The number of rotatable bonds is 7. The van der Waals surface area contributed by atoms with E-state index in [-0.39, 0.29) is 44.2 Å². The maximum atomic E-state index is 13.7. The van der Waals surface area contributed by atoms with Crippen LogP contribution in [0.25, 0.3) is 0 Å². The summed E-state index contributed by atoms with van der Waals surface area (Å²) in [4.78, 5) is 42.7. The first-order valence-corrected chi connectivity index (χ1v) is 13.9. The molecule has 8 nitrogen and oxygen atoms in total. The lowest BCUT2D eigenvalue weighted by atomic mass is 10.1. The first-order valence-electron chi connectivity index (χ1n) is 13.5. The van der Waals surface area contributed by atoms with E-state index in [1.807, 2.05) is 24.3 Å². The molecule has 2 aliphatic heterocycles. The molecule has 1 N–H and O–H groups in total. The fraction of sp³-hybridized carbons (Fsp3) is 0.323. The summed E-state index contributed by atoms with van der Waals surface area (Å²) in [6, 6.07) is 19.5. The van der Waals surface area contributed by atoms with Gasteiger partial charge in [-0.05, 0) is 92.5 Å². The molecule has 0 saturated carbocycles. The minimum absolute atomic E-state index is 0.109. The van der Waals surface area contributed by atoms with Gasteiger partial charge in [0.1, 0.15) is 18.4 Å². The molecule has 0 aliphatic carbocycles. The molecule has 0 spiro atoms. The number of anilines is 1. The number of fused-ring (bicyclic) bond motifs is 1. The summed E-state index contributed by atoms with van der Waals surface area (Å²) in [6.45, 7) is 4.26. The van der Waals surface area contributed by atoms with Crippen LogP contribution in [-0.2, 0) is 22.6 Å². The van der Waals surface area contributed by atoms with E-state index in [2.05, 4.69) is 5.32 Å². The summed E-state index contributed by atoms with van der Waals surface area (Å²) in [5, 5.41) is 3.86. The van der Waals surface area contributed by atoms with E-state index in [4.69, 9.17) is 21.1 Å². The van der Waals surface area contributed by atoms with Crippen LogP contribution in [0, 0.1) is 0 Å². The molecule has 2 heterocycles. The highest BCUT2D eigenvalue weighted by atomic mass is 35.5. The van der Waals surface area contributed by atoms with Crippen LogP contribution >= 0.6 is 11.6 Å². The lowest BCUT2D eigenvalue weighted by Crippen LogP contribution is -2.39. The fourth-order valence-corrected chi connectivity index (χ4v) is 5.11. The van der Waals surface area contributed by atoms with Crippen molar-refractivity contribution in [1.82, 2.24) is 10.2 Å². The molecule has 0 radical (unpaired) electrons. The first-order chi connectivity index (χ1) is 19.4. The standard InChI is InChI=1S/C31H32ClN3O5/c1-2-39-31(38)23-5-6-24-19-34(30(37)22-7-9-25(32)10-8-22)20-29(36)35(28(24)17-23)18-21-3-11-26(12-4-21)40-27-13-15-33-16-14-27/h3-12,17,27,33H,2,13-16,18-20H2,1H3. The smallest absolute Gasteiger partial charge is 0.338 e. The highest BCUT2D eigenvalue weighted by Gasteiger charge is 2.30. The Kier molecular flexibility index (Phi) is 8.67. The quantitative estimate of drug-likeness (QED) is 0.415. The summed E-state index contributed by atoms with van der Waals surface area (Å²) < 4.78 is 11.3. The highest BCUT2D eigenvalue weighted by Crippen LogP contribution is 2.30. The summed E-state index contributed by atoms with van der Waals surface area (Å²) in [7, 11) is 0. The minimum atomic E-state index is -0.463. The number of nitrogens with one attached hydrogen (secondary N) is 1. The van der Waals surface area contributed by atoms with Crippen LogP contribution in [0.5, 0.6) is 5.75 Å². The van der Waals surface area contributed by atoms with Crippen molar-refractivity contribution in [2.24, 2.45) is 0 Å². The summed E-state index contributed by atoms with van der Waals surface area (Å²) in [5.74, 6) is -0.193. The number of amides is 2. The molecule has 3 aromatic carbocycles. The summed E-state index contributed by atoms with van der Waals surface area (Å²) >= 11 is 6.00. The molecule has 0 atom stereocenters. The predicted molar refractivity (Wildman–Crippen MR) is 153 cm³/mol. The van der Waals surface area contributed by atoms with E-state index < -0.39 is 5.97 Å². The van der Waals surface area contributed by atoms with Crippen LogP contribution in [0.2, 0.25) is 5.02 Å². The maximum absolute atomic E-state index is 13.7. The molecule has 5 rings (SSSR count). The minimum Gasteiger partial charge on any atom is -0.490 e. The van der Waals surface area contributed by atoms with Crippen LogP contribution in [-0.4, -0.2) is 55.0 Å². The monoisotopic (exact) mass is 561 g/mol. The second-order valence-corrected chi connectivity index (χ2v) is 10.4. The first kappa shape index (κ1) is 27.7. The lowest BCUT2D eigenvalue weighted by Gasteiger charge is -2.25. The number of carbonyl (C=O) groups is 3. The maximum Gasteiger partial charge on any atom is 0.338 e. The van der Waals surface area contributed by atoms with E-state index in [9.17, 15) is 14.4 Å². The molecule has 40 heavy (non-hydrogen) atoms. The Morgan fingerprint density at radius 3 is 2.35 bits per heavy atom. The molecule has 1 fully saturated rings. The number of ether oxygens (including phenoxy) is 2. The summed E-state index contributed by atoms with van der Waals surface area (Å²) in [5.41, 5.74) is 3.03. The fourth-order valence-electron chi connectivity index (χ4n) is 4.99. The van der Waals surface area contributed by atoms with Gasteiger partial charge >= 0.3 is 5.97 Å². The number of nitrogens with zero attached hydrogens (tertiary/aromatic N) is 2. The SMILES string of the molecule is CCOC(=O)c1ccc2c(c1)N(Cc1ccc(OC3CCNCC3)cc1)C(=O)CN(C(=O)c1ccc(Cl)cc1)C2. The van der Waals surface area contributed by atoms with Crippen molar-refractivity contribution in [3.63, 3.8) is 0 Å². The molecular weight excluding hydrogens is 530 g/mol. The van der Waals surface area contributed by atoms with Gasteiger partial charge in [0.05, 0.1) is 18.7 Å². The molecular formula is C31H32ClN3O5. The van der Waals surface area contributed by atoms with Gasteiger partial charge in [-0.3, -0.25) is 9.59 Å². The zero-order chi connectivity index (χ0) is 28.1. The molecule has 208 valence electrons. The zero-order valence-electron chi connectivity index (χ0n) is 22.4. The van der Waals surface area contributed by atoms with Crippen molar-refractivity contribution >= 4 is 35.1 Å². The summed E-state index contributed by atoms with van der Waals surface area (Å²) in [6.07, 6.45) is 2.13. The Labute approximate surface area is 238 Å². The van der Waals surface area contributed by atoms with E-state index in [1.54, 1.807) is 54.3 Å². The third kappa shape index (κ3) is 6.46. The van der Waals surface area contributed by atoms with Crippen molar-refractivity contribution < 1.29 is 23.9 Å². The van der Waals surface area contributed by atoms with Crippen molar-refractivity contribution in [1.29, 1.82) is 0 Å². The predicted octanol–water partition coefficient (Wildman–Crippen LogP) is 4.84. The van der Waals surface area contributed by atoms with E-state index in [0.717, 1.165) is 42.8 Å². The molecule has 0 aromatic heterocycles. The van der Waals surface area contributed by atoms with Crippen LogP contribution in [0.15, 0.2) is 66.7 Å². The Bertz CT molecular complexity index is 1370. The number of hydrogen-bond donors (Lipinski definition) is 1. The van der Waals surface area contributed by atoms with Crippen LogP contribution in [0.1, 0.15) is 51.6 Å². The topological polar surface area (TPSA) is 88.2 Å². The number of halogens is 1. The molecule has 2 aliphatic rings. The van der Waals surface area contributed by atoms with Crippen molar-refractivity contribution in [2.75, 3.05) is 31.1 Å². The molecule has 2 amide bonds. The van der Waals surface area contributed by atoms with Gasteiger partial charge in [0.2, 0.25) is 5.91 Å². The second kappa shape index (κ2) is 12.5. The van der Waals surface area contributed by atoms with Crippen molar-refractivity contribution in [3.8, 4) is 5.75 Å². The number of benzene rings is 3. The number of carbonyl (C=O) groups excluding carboxylic acids is 3. The van der Waals surface area contributed by atoms with Crippen LogP contribution in [0.3, 0.4) is 0 Å². The third-order valence-corrected chi connectivity index (χ3v) is 7.36. The van der Waals surface area contributed by atoms with Gasteiger partial charge in [0, 0.05) is 22.8 Å². The van der Waals surface area contributed by atoms with Gasteiger partial charge in [0.25, 0.3) is 5.91 Å². The Hall–Kier alpha value is -3.88. The van der Waals surface area contributed by atoms with Crippen molar-refractivity contribution in [3.05, 3.63) is 94.0 Å². The zero-order valence-corrected chi connectivity index (χ0v) is 23.2.